The zero-order valence-electron chi connectivity index (χ0n) is 10.6. The van der Waals surface area contributed by atoms with Gasteiger partial charge in [0.1, 0.15) is 11.4 Å². The topological polar surface area (TPSA) is 78.9 Å². The molecule has 0 aliphatic heterocycles. The number of amides is 1. The summed E-state index contributed by atoms with van der Waals surface area (Å²) in [6.45, 7) is -0.256. The van der Waals surface area contributed by atoms with Gasteiger partial charge in [-0.15, -0.1) is 0 Å². The first kappa shape index (κ1) is 16.7. The molecule has 5 nitrogen and oxygen atoms in total. The Morgan fingerprint density at radius 2 is 1.52 bits per heavy atom. The van der Waals surface area contributed by atoms with Crippen LogP contribution in [0.2, 0.25) is 0 Å². The van der Waals surface area contributed by atoms with Crippen molar-refractivity contribution < 1.29 is 32.0 Å². The van der Waals surface area contributed by atoms with Crippen LogP contribution in [0.4, 0.5) is 22.0 Å². The Morgan fingerprint density at radius 3 is 1.95 bits per heavy atom. The van der Waals surface area contributed by atoms with Gasteiger partial charge in [-0.2, -0.15) is 0 Å². The van der Waals surface area contributed by atoms with Gasteiger partial charge in [0, 0.05) is 20.0 Å². The van der Waals surface area contributed by atoms with E-state index in [0.717, 1.165) is 7.05 Å². The monoisotopic (exact) mass is 311 g/mol. The van der Waals surface area contributed by atoms with Gasteiger partial charge in [-0.1, -0.05) is 5.16 Å². The van der Waals surface area contributed by atoms with Gasteiger partial charge in [-0.3, -0.25) is 4.79 Å². The largest absolute Gasteiger partial charge is 0.409 e. The molecule has 1 amide bonds. The molecule has 0 saturated carbocycles. The Kier molecular flexibility index (Phi) is 5.06. The van der Waals surface area contributed by atoms with Gasteiger partial charge in [0.15, 0.2) is 23.3 Å². The van der Waals surface area contributed by atoms with Crippen molar-refractivity contribution in [1.82, 2.24) is 4.90 Å². The van der Waals surface area contributed by atoms with E-state index in [4.69, 9.17) is 10.9 Å². The molecule has 116 valence electrons. The zero-order valence-corrected chi connectivity index (χ0v) is 10.6. The molecule has 0 bridgehead atoms. The third kappa shape index (κ3) is 3.20. The van der Waals surface area contributed by atoms with Crippen LogP contribution in [0.25, 0.3) is 0 Å². The predicted octanol–water partition coefficient (Wildman–Crippen LogP) is 1.59. The fourth-order valence-electron chi connectivity index (χ4n) is 1.42. The maximum atomic E-state index is 13.4. The van der Waals surface area contributed by atoms with Gasteiger partial charge in [0.25, 0.3) is 5.91 Å². The van der Waals surface area contributed by atoms with Crippen LogP contribution in [-0.4, -0.2) is 35.4 Å². The van der Waals surface area contributed by atoms with E-state index < -0.39 is 40.6 Å². The molecule has 0 radical (unpaired) electrons. The van der Waals surface area contributed by atoms with Gasteiger partial charge in [-0.25, -0.2) is 22.0 Å². The highest BCUT2D eigenvalue weighted by Gasteiger charge is 2.31. The van der Waals surface area contributed by atoms with Crippen LogP contribution in [-0.2, 0) is 0 Å². The van der Waals surface area contributed by atoms with Crippen LogP contribution in [0.3, 0.4) is 0 Å². The van der Waals surface area contributed by atoms with Gasteiger partial charge < -0.3 is 15.8 Å². The maximum absolute atomic E-state index is 13.4. The van der Waals surface area contributed by atoms with E-state index in [9.17, 15) is 26.7 Å². The van der Waals surface area contributed by atoms with Gasteiger partial charge in [-0.05, 0) is 0 Å². The van der Waals surface area contributed by atoms with Gasteiger partial charge in [0.2, 0.25) is 5.82 Å². The SMILES string of the molecule is CN(CC/C(N)=N/O)C(=O)c1c(F)c(F)c(F)c(F)c1F. The Balaban J connectivity index is 3.14. The van der Waals surface area contributed by atoms with Crippen LogP contribution < -0.4 is 5.73 Å². The van der Waals surface area contributed by atoms with Crippen molar-refractivity contribution in [2.24, 2.45) is 10.9 Å². The Labute approximate surface area is 115 Å². The van der Waals surface area contributed by atoms with Crippen LogP contribution in [0.15, 0.2) is 5.16 Å². The fraction of sp³-hybridized carbons (Fsp3) is 0.273. The van der Waals surface area contributed by atoms with Crippen molar-refractivity contribution in [3.63, 3.8) is 0 Å². The number of halogens is 5. The van der Waals surface area contributed by atoms with Crippen LogP contribution in [0, 0.1) is 29.1 Å². The molecule has 3 N–H and O–H groups in total. The summed E-state index contributed by atoms with van der Waals surface area (Å²) in [4.78, 5) is 12.4. The number of hydrogen-bond acceptors (Lipinski definition) is 3. The number of carbonyl (C=O) groups is 1. The summed E-state index contributed by atoms with van der Waals surface area (Å²) < 4.78 is 65.7. The van der Waals surface area contributed by atoms with E-state index in [1.165, 1.54) is 0 Å². The minimum atomic E-state index is -2.35. The third-order valence-electron chi connectivity index (χ3n) is 2.60. The van der Waals surface area contributed by atoms with Gasteiger partial charge >= 0.3 is 0 Å². The number of hydrogen-bond donors (Lipinski definition) is 2. The first-order valence-electron chi connectivity index (χ1n) is 5.45. The molecule has 0 atom stereocenters. The van der Waals surface area contributed by atoms with E-state index in [-0.39, 0.29) is 18.8 Å². The molecule has 0 unspecified atom stereocenters. The average molecular weight is 311 g/mol. The second kappa shape index (κ2) is 6.37. The highest BCUT2D eigenvalue weighted by atomic mass is 19.2. The summed E-state index contributed by atoms with van der Waals surface area (Å²) in [5.74, 6) is -12.9. The van der Waals surface area contributed by atoms with Gasteiger partial charge in [0.05, 0.1) is 0 Å². The lowest BCUT2D eigenvalue weighted by molar-refractivity contribution is 0.0785. The smallest absolute Gasteiger partial charge is 0.259 e. The molecule has 10 heteroatoms. The van der Waals surface area contributed by atoms with Crippen LogP contribution in [0.5, 0.6) is 0 Å². The number of nitrogens with zero attached hydrogens (tertiary/aromatic N) is 2. The van der Waals surface area contributed by atoms with Crippen molar-refractivity contribution in [1.29, 1.82) is 0 Å². The number of amidine groups is 1. The molecule has 0 saturated heterocycles. The number of nitrogens with two attached hydrogens (primary N) is 1. The van der Waals surface area contributed by atoms with Crippen molar-refractivity contribution in [2.45, 2.75) is 6.42 Å². The van der Waals surface area contributed by atoms with Crippen molar-refractivity contribution >= 4 is 11.7 Å². The minimum absolute atomic E-state index is 0.159. The van der Waals surface area contributed by atoms with E-state index in [1.54, 1.807) is 0 Å². The predicted molar refractivity (Wildman–Crippen MR) is 61.2 cm³/mol. The molecule has 0 heterocycles. The second-order valence-electron chi connectivity index (χ2n) is 4.01. The van der Waals surface area contributed by atoms with E-state index >= 15 is 0 Å². The summed E-state index contributed by atoms with van der Waals surface area (Å²) in [6.07, 6.45) is -0.159. The van der Waals surface area contributed by atoms with E-state index in [2.05, 4.69) is 5.16 Å². The lowest BCUT2D eigenvalue weighted by atomic mass is 10.1. The summed E-state index contributed by atoms with van der Waals surface area (Å²) in [6, 6.07) is 0. The summed E-state index contributed by atoms with van der Waals surface area (Å²) in [5, 5.41) is 10.9. The van der Waals surface area contributed by atoms with Crippen LogP contribution >= 0.6 is 0 Å². The first-order valence-corrected chi connectivity index (χ1v) is 5.45. The highest BCUT2D eigenvalue weighted by molar-refractivity contribution is 5.95. The Bertz CT molecular complexity index is 577. The maximum Gasteiger partial charge on any atom is 0.259 e. The molecule has 1 aromatic rings. The highest BCUT2D eigenvalue weighted by Crippen LogP contribution is 2.23. The molecule has 0 aliphatic carbocycles. The zero-order chi connectivity index (χ0) is 16.3. The molecule has 0 aliphatic rings. The fourth-order valence-corrected chi connectivity index (χ4v) is 1.42. The Hall–Kier alpha value is -2.39. The number of benzene rings is 1. The van der Waals surface area contributed by atoms with Crippen LogP contribution in [0.1, 0.15) is 16.8 Å². The second-order valence-corrected chi connectivity index (χ2v) is 4.01. The molecule has 1 rings (SSSR count). The molecule has 0 spiro atoms. The average Bonchev–Trinajstić information content (AvgIpc) is 2.48. The van der Waals surface area contributed by atoms with Crippen molar-refractivity contribution in [2.75, 3.05) is 13.6 Å². The summed E-state index contributed by atoms with van der Waals surface area (Å²) in [7, 11) is 1.06. The van der Waals surface area contributed by atoms with E-state index in [0.29, 0.717) is 4.90 Å². The minimum Gasteiger partial charge on any atom is -0.409 e. The first-order chi connectivity index (χ1) is 9.72. The lowest BCUT2D eigenvalue weighted by Gasteiger charge is -2.18. The normalized spacial score (nSPS) is 11.6. The van der Waals surface area contributed by atoms with Crippen molar-refractivity contribution in [3.05, 3.63) is 34.6 Å². The standard InChI is InChI=1S/C11H10F5N3O2/c1-19(3-2-4(17)18-21)11(20)5-6(12)8(14)10(16)9(15)7(5)13/h21H,2-3H2,1H3,(H2,17,18). The van der Waals surface area contributed by atoms with Crippen molar-refractivity contribution in [3.8, 4) is 0 Å². The third-order valence-corrected chi connectivity index (χ3v) is 2.60. The number of rotatable bonds is 4. The quantitative estimate of drug-likeness (QED) is 0.169. The molecule has 0 fully saturated rings. The lowest BCUT2D eigenvalue weighted by Crippen LogP contribution is -2.32. The number of oxime groups is 1. The molecular formula is C11H10F5N3O2. The number of carbonyl (C=O) groups excluding carboxylic acids is 1. The Morgan fingerprint density at radius 1 is 1.10 bits per heavy atom. The summed E-state index contributed by atoms with van der Waals surface area (Å²) >= 11 is 0. The molecule has 1 aromatic carbocycles. The molecule has 21 heavy (non-hydrogen) atoms. The molecular weight excluding hydrogens is 301 g/mol. The summed E-state index contributed by atoms with van der Waals surface area (Å²) in [5.41, 5.74) is 3.57. The van der Waals surface area contributed by atoms with E-state index in [1.807, 2.05) is 0 Å². The molecule has 0 aromatic heterocycles.